The molecule has 12 nitrogen and oxygen atoms in total. The first-order valence-electron chi connectivity index (χ1n) is 17.2. The van der Waals surface area contributed by atoms with Gasteiger partial charge < -0.3 is 20.3 Å². The molecular weight excluding hydrogens is 618 g/mol. The zero-order valence-corrected chi connectivity index (χ0v) is 27.3. The van der Waals surface area contributed by atoms with Crippen LogP contribution in [-0.2, 0) is 37.3 Å². The van der Waals surface area contributed by atoms with E-state index in [-0.39, 0.29) is 11.9 Å². The van der Waals surface area contributed by atoms with Crippen LogP contribution in [0.1, 0.15) is 76.6 Å². The Bertz CT molecular complexity index is 2030. The van der Waals surface area contributed by atoms with Crippen LogP contribution in [0, 0.1) is 0 Å². The lowest BCUT2D eigenvalue weighted by atomic mass is 9.92. The third kappa shape index (κ3) is 6.43. The second kappa shape index (κ2) is 13.6. The van der Waals surface area contributed by atoms with Crippen molar-refractivity contribution in [1.82, 2.24) is 29.9 Å². The van der Waals surface area contributed by atoms with Crippen molar-refractivity contribution < 1.29 is 14.3 Å². The Morgan fingerprint density at radius 3 is 2.86 bits per heavy atom. The normalized spacial score (nSPS) is 16.6. The number of amides is 3. The first-order chi connectivity index (χ1) is 24.1. The highest BCUT2D eigenvalue weighted by Gasteiger charge is 2.39. The molecule has 250 valence electrons. The Labute approximate surface area is 284 Å². The maximum absolute atomic E-state index is 13.0. The van der Waals surface area contributed by atoms with Crippen LogP contribution >= 0.6 is 0 Å². The molecule has 3 aromatic heterocycles. The molecule has 0 spiro atoms. The summed E-state index contributed by atoms with van der Waals surface area (Å²) in [7, 11) is 0. The number of nitrogens with zero attached hydrogens (tertiary/aromatic N) is 6. The first-order valence-corrected chi connectivity index (χ1v) is 17.2. The summed E-state index contributed by atoms with van der Waals surface area (Å²) in [6.45, 7) is 2.76. The van der Waals surface area contributed by atoms with Gasteiger partial charge in [-0.1, -0.05) is 29.5 Å². The van der Waals surface area contributed by atoms with Crippen LogP contribution in [0.2, 0.25) is 0 Å². The zero-order valence-electron chi connectivity index (χ0n) is 27.3. The van der Waals surface area contributed by atoms with Crippen molar-refractivity contribution >= 4 is 40.0 Å². The van der Waals surface area contributed by atoms with E-state index < -0.39 is 6.03 Å². The van der Waals surface area contributed by atoms with Gasteiger partial charge in [0, 0.05) is 52.9 Å². The fraction of sp³-hybridized carbons (Fsp3) is 0.351. The number of pyridine rings is 2. The summed E-state index contributed by atoms with van der Waals surface area (Å²) in [6, 6.07) is 17.1. The SMILES string of the molecule is O=C(Nc1cc(COCc2cn(CCNc3c4c(nc5ccccc35)CCCC4)nn2)ccn1)Nc1cccc2c1[C@H]1CCCCN1C2=O. The van der Waals surface area contributed by atoms with Gasteiger partial charge in [-0.15, -0.1) is 5.10 Å². The Morgan fingerprint density at radius 1 is 0.980 bits per heavy atom. The van der Waals surface area contributed by atoms with E-state index in [1.54, 1.807) is 12.3 Å². The summed E-state index contributed by atoms with van der Waals surface area (Å²) >= 11 is 0. The lowest BCUT2D eigenvalue weighted by Gasteiger charge is -2.30. The maximum atomic E-state index is 13.0. The lowest BCUT2D eigenvalue weighted by Crippen LogP contribution is -2.32. The monoisotopic (exact) mass is 657 g/mol. The van der Waals surface area contributed by atoms with Crippen molar-refractivity contribution in [3.63, 3.8) is 0 Å². The minimum absolute atomic E-state index is 0.0163. The molecule has 1 fully saturated rings. The summed E-state index contributed by atoms with van der Waals surface area (Å²) in [5.41, 5.74) is 8.65. The number of fused-ring (bicyclic) bond motifs is 5. The standard InChI is InChI=1S/C37H39N9O3/c47-36-28-10-7-13-31(34(28)32-14-5-6-18-46(32)36)41-37(48)42-33-20-24(15-16-38-33)22-49-23-25-21-45(44-43-25)19-17-39-35-26-8-1-3-11-29(26)40-30-12-4-2-9-27(30)35/h1,3,7-8,10-11,13,15-16,20-21,32H,2,4-6,9,12,14,17-19,22-23H2,(H,39,40)(H2,38,41,42,48)/t32-/m1/s1. The van der Waals surface area contributed by atoms with Gasteiger partial charge in [-0.05, 0) is 86.4 Å². The van der Waals surface area contributed by atoms with Crippen molar-refractivity contribution in [3.05, 3.63) is 101 Å². The van der Waals surface area contributed by atoms with Crippen LogP contribution in [0.3, 0.4) is 0 Å². The summed E-state index contributed by atoms with van der Waals surface area (Å²) < 4.78 is 7.77. The van der Waals surface area contributed by atoms with Gasteiger partial charge in [0.05, 0.1) is 37.5 Å². The fourth-order valence-corrected chi connectivity index (χ4v) is 7.41. The highest BCUT2D eigenvalue weighted by Crippen LogP contribution is 2.43. The van der Waals surface area contributed by atoms with E-state index in [1.807, 2.05) is 46.1 Å². The van der Waals surface area contributed by atoms with Crippen molar-refractivity contribution in [2.24, 2.45) is 0 Å². The maximum Gasteiger partial charge on any atom is 0.324 e. The van der Waals surface area contributed by atoms with E-state index in [2.05, 4.69) is 49.4 Å². The third-order valence-corrected chi connectivity index (χ3v) is 9.66. The van der Waals surface area contributed by atoms with Crippen LogP contribution < -0.4 is 16.0 Å². The summed E-state index contributed by atoms with van der Waals surface area (Å²) in [5.74, 6) is 0.452. The molecule has 0 radical (unpaired) electrons. The Kier molecular flexibility index (Phi) is 8.61. The zero-order chi connectivity index (χ0) is 33.2. The summed E-state index contributed by atoms with van der Waals surface area (Å²) in [6.07, 6.45) is 11.0. The second-order valence-electron chi connectivity index (χ2n) is 12.9. The summed E-state index contributed by atoms with van der Waals surface area (Å²) in [5, 5.41) is 19.2. The number of aromatic nitrogens is 5. The number of para-hydroxylation sites is 1. The number of hydrogen-bond donors (Lipinski definition) is 3. The van der Waals surface area contributed by atoms with Crippen LogP contribution in [0.25, 0.3) is 10.9 Å². The molecule has 2 aromatic carbocycles. The van der Waals surface area contributed by atoms with Crippen LogP contribution in [0.5, 0.6) is 0 Å². The molecule has 8 rings (SSSR count). The number of carbonyl (C=O) groups is 2. The molecule has 0 unspecified atom stereocenters. The van der Waals surface area contributed by atoms with Crippen LogP contribution in [-0.4, -0.2) is 54.9 Å². The number of piperidine rings is 1. The number of aryl methyl sites for hydroxylation is 1. The second-order valence-corrected chi connectivity index (χ2v) is 12.9. The van der Waals surface area contributed by atoms with Gasteiger partial charge in [-0.3, -0.25) is 19.8 Å². The molecule has 3 N–H and O–H groups in total. The predicted molar refractivity (Wildman–Crippen MR) is 186 cm³/mol. The fourth-order valence-electron chi connectivity index (χ4n) is 7.41. The summed E-state index contributed by atoms with van der Waals surface area (Å²) in [4.78, 5) is 37.1. The van der Waals surface area contributed by atoms with Gasteiger partial charge in [-0.25, -0.2) is 9.78 Å². The number of urea groups is 1. The number of benzene rings is 2. The number of anilines is 3. The number of ether oxygens (including phenoxy) is 1. The van der Waals surface area contributed by atoms with Gasteiger partial charge in [-0.2, -0.15) is 0 Å². The van der Waals surface area contributed by atoms with Gasteiger partial charge in [0.25, 0.3) is 5.91 Å². The average Bonchev–Trinajstić information content (AvgIpc) is 3.70. The van der Waals surface area contributed by atoms with Crippen molar-refractivity contribution in [3.8, 4) is 0 Å². The molecule has 3 amide bonds. The van der Waals surface area contributed by atoms with Gasteiger partial charge in [0.15, 0.2) is 0 Å². The minimum Gasteiger partial charge on any atom is -0.382 e. The van der Waals surface area contributed by atoms with Crippen LogP contribution in [0.4, 0.5) is 22.0 Å². The molecule has 1 aliphatic carbocycles. The highest BCUT2D eigenvalue weighted by atomic mass is 16.5. The highest BCUT2D eigenvalue weighted by molar-refractivity contribution is 6.05. The van der Waals surface area contributed by atoms with E-state index in [9.17, 15) is 9.59 Å². The van der Waals surface area contributed by atoms with E-state index in [0.717, 1.165) is 61.0 Å². The molecule has 0 saturated carbocycles. The van der Waals surface area contributed by atoms with Crippen molar-refractivity contribution in [2.75, 3.05) is 29.0 Å². The largest absolute Gasteiger partial charge is 0.382 e. The quantitative estimate of drug-likeness (QED) is 0.160. The van der Waals surface area contributed by atoms with Crippen molar-refractivity contribution in [1.29, 1.82) is 0 Å². The van der Waals surface area contributed by atoms with E-state index in [4.69, 9.17) is 9.72 Å². The molecule has 5 aromatic rings. The molecule has 5 heterocycles. The molecular formula is C37H39N9O3. The van der Waals surface area contributed by atoms with E-state index >= 15 is 0 Å². The number of nitrogens with one attached hydrogen (secondary N) is 3. The number of hydrogen-bond acceptors (Lipinski definition) is 8. The van der Waals surface area contributed by atoms with Crippen LogP contribution in [0.15, 0.2) is 67.0 Å². The lowest BCUT2D eigenvalue weighted by molar-refractivity contribution is 0.0672. The molecule has 0 bridgehead atoms. The average molecular weight is 658 g/mol. The van der Waals surface area contributed by atoms with E-state index in [0.29, 0.717) is 43.4 Å². The molecule has 12 heteroatoms. The number of rotatable bonds is 10. The third-order valence-electron chi connectivity index (χ3n) is 9.66. The van der Waals surface area contributed by atoms with Crippen molar-refractivity contribution in [2.45, 2.75) is 70.7 Å². The van der Waals surface area contributed by atoms with E-state index in [1.165, 1.54) is 35.2 Å². The topological polar surface area (TPSA) is 139 Å². The molecule has 49 heavy (non-hydrogen) atoms. The number of carbonyl (C=O) groups excluding carboxylic acids is 2. The molecule has 3 aliphatic rings. The molecule has 1 saturated heterocycles. The van der Waals surface area contributed by atoms with Gasteiger partial charge >= 0.3 is 6.03 Å². The molecule has 1 atom stereocenters. The Hall–Kier alpha value is -5.36. The smallest absolute Gasteiger partial charge is 0.324 e. The van der Waals surface area contributed by atoms with Gasteiger partial charge in [0.1, 0.15) is 11.5 Å². The Balaban J connectivity index is 0.832. The first kappa shape index (κ1) is 30.9. The molecule has 2 aliphatic heterocycles. The minimum atomic E-state index is -0.413. The predicted octanol–water partition coefficient (Wildman–Crippen LogP) is 6.25. The Morgan fingerprint density at radius 2 is 1.90 bits per heavy atom. The van der Waals surface area contributed by atoms with Gasteiger partial charge in [0.2, 0.25) is 0 Å².